The molecular weight excluding hydrogens is 514 g/mol. The van der Waals surface area contributed by atoms with Gasteiger partial charge in [-0.2, -0.15) is 0 Å². The molecule has 206 valence electrons. The zero-order valence-electron chi connectivity index (χ0n) is 22.0. The number of likely N-dealkylation sites (tertiary alicyclic amines) is 1. The van der Waals surface area contributed by atoms with E-state index in [1.54, 1.807) is 42.5 Å². The Hall–Kier alpha value is -4.93. The summed E-state index contributed by atoms with van der Waals surface area (Å²) in [4.78, 5) is 49.8. The average molecular weight is 544 g/mol. The van der Waals surface area contributed by atoms with Crippen molar-refractivity contribution in [2.45, 2.75) is 25.7 Å². The van der Waals surface area contributed by atoms with E-state index in [0.717, 1.165) is 24.1 Å². The highest BCUT2D eigenvalue weighted by molar-refractivity contribution is 6.12. The second-order valence-electron chi connectivity index (χ2n) is 9.73. The molecular formula is C29H29N5O6. The maximum atomic E-state index is 12.9. The molecule has 3 amide bonds. The van der Waals surface area contributed by atoms with Crippen LogP contribution in [-0.4, -0.2) is 54.3 Å². The smallest absolute Gasteiger partial charge is 0.310 e. The summed E-state index contributed by atoms with van der Waals surface area (Å²) >= 11 is 0. The Labute approximate surface area is 230 Å². The Morgan fingerprint density at radius 3 is 2.58 bits per heavy atom. The third-order valence-electron chi connectivity index (χ3n) is 7.04. The Bertz CT molecular complexity index is 1500. The quantitative estimate of drug-likeness (QED) is 0.208. The number of carbonyl (C=O) groups excluding carboxylic acids is 3. The van der Waals surface area contributed by atoms with Gasteiger partial charge in [-0.1, -0.05) is 12.1 Å². The van der Waals surface area contributed by atoms with Gasteiger partial charge in [-0.25, -0.2) is 0 Å². The van der Waals surface area contributed by atoms with Gasteiger partial charge in [0.25, 0.3) is 5.91 Å². The van der Waals surface area contributed by atoms with Crippen molar-refractivity contribution < 1.29 is 24.0 Å². The molecule has 3 aromatic rings. The lowest BCUT2D eigenvalue weighted by Gasteiger charge is -2.15. The molecule has 0 saturated carbocycles. The highest BCUT2D eigenvalue weighted by Gasteiger charge is 2.22. The second-order valence-corrected chi connectivity index (χ2v) is 9.73. The number of rotatable bonds is 9. The van der Waals surface area contributed by atoms with E-state index >= 15 is 0 Å². The molecule has 0 unspecified atom stereocenters. The zero-order chi connectivity index (χ0) is 28.2. The molecule has 11 heteroatoms. The molecule has 2 heterocycles. The van der Waals surface area contributed by atoms with Crippen molar-refractivity contribution in [3.8, 4) is 16.9 Å². The minimum absolute atomic E-state index is 0.125. The molecule has 5 rings (SSSR count). The maximum Gasteiger partial charge on any atom is 0.310 e. The van der Waals surface area contributed by atoms with E-state index in [-0.39, 0.29) is 35.6 Å². The van der Waals surface area contributed by atoms with Crippen LogP contribution in [0.1, 0.15) is 35.2 Å². The Kier molecular flexibility index (Phi) is 7.63. The molecule has 2 aliphatic heterocycles. The van der Waals surface area contributed by atoms with Crippen LogP contribution in [0.25, 0.3) is 11.1 Å². The fraction of sp³-hybridized carbons (Fsp3) is 0.276. The number of hydrogen-bond acceptors (Lipinski definition) is 7. The van der Waals surface area contributed by atoms with Crippen molar-refractivity contribution in [2.75, 3.05) is 37.4 Å². The summed E-state index contributed by atoms with van der Waals surface area (Å²) in [7, 11) is 1.38. The summed E-state index contributed by atoms with van der Waals surface area (Å²) in [5.74, 6) is -0.0887. The van der Waals surface area contributed by atoms with Crippen molar-refractivity contribution in [1.82, 2.24) is 10.2 Å². The normalized spacial score (nSPS) is 14.0. The predicted molar refractivity (Wildman–Crippen MR) is 150 cm³/mol. The average Bonchev–Trinajstić information content (AvgIpc) is 3.29. The summed E-state index contributed by atoms with van der Waals surface area (Å²) in [6, 6.07) is 15.3. The monoisotopic (exact) mass is 543 g/mol. The molecule has 1 fully saturated rings. The van der Waals surface area contributed by atoms with Gasteiger partial charge >= 0.3 is 5.69 Å². The number of nitrogens with one attached hydrogen (secondary N) is 3. The number of benzene rings is 3. The van der Waals surface area contributed by atoms with Crippen molar-refractivity contribution >= 4 is 40.5 Å². The third-order valence-corrected chi connectivity index (χ3v) is 7.04. The van der Waals surface area contributed by atoms with Gasteiger partial charge in [-0.05, 0) is 65.9 Å². The maximum absolute atomic E-state index is 12.9. The molecule has 0 aromatic heterocycles. The molecule has 0 aliphatic carbocycles. The highest BCUT2D eigenvalue weighted by Crippen LogP contribution is 2.37. The number of hydrogen-bond donors (Lipinski definition) is 3. The van der Waals surface area contributed by atoms with Gasteiger partial charge in [-0.15, -0.1) is 0 Å². The molecule has 2 aliphatic rings. The molecule has 0 spiro atoms. The van der Waals surface area contributed by atoms with Crippen molar-refractivity contribution in [3.05, 3.63) is 75.8 Å². The van der Waals surface area contributed by atoms with Gasteiger partial charge < -0.3 is 25.6 Å². The fourth-order valence-corrected chi connectivity index (χ4v) is 4.97. The first-order valence-electron chi connectivity index (χ1n) is 13.0. The van der Waals surface area contributed by atoms with Crippen molar-refractivity contribution in [3.63, 3.8) is 0 Å². The van der Waals surface area contributed by atoms with E-state index in [9.17, 15) is 24.5 Å². The van der Waals surface area contributed by atoms with Crippen LogP contribution in [0.4, 0.5) is 22.7 Å². The lowest BCUT2D eigenvalue weighted by atomic mass is 10.0. The number of nitrogens with zero attached hydrogens (tertiary/aromatic N) is 2. The summed E-state index contributed by atoms with van der Waals surface area (Å²) in [6.45, 7) is 1.93. The topological polar surface area (TPSA) is 143 Å². The molecule has 3 N–H and O–H groups in total. The summed E-state index contributed by atoms with van der Waals surface area (Å²) in [5, 5.41) is 20.4. The number of anilines is 3. The van der Waals surface area contributed by atoms with Crippen LogP contribution in [0.5, 0.6) is 5.75 Å². The van der Waals surface area contributed by atoms with E-state index in [4.69, 9.17) is 4.74 Å². The minimum Gasteiger partial charge on any atom is -0.490 e. The first-order chi connectivity index (χ1) is 19.3. The highest BCUT2D eigenvalue weighted by atomic mass is 16.6. The lowest BCUT2D eigenvalue weighted by Crippen LogP contribution is -2.31. The Morgan fingerprint density at radius 2 is 1.82 bits per heavy atom. The number of amides is 3. The van der Waals surface area contributed by atoms with Crippen LogP contribution in [0, 0.1) is 10.1 Å². The van der Waals surface area contributed by atoms with Gasteiger partial charge in [0.15, 0.2) is 5.75 Å². The second kappa shape index (κ2) is 11.4. The number of methoxy groups -OCH3 is 1. The Morgan fingerprint density at radius 1 is 1.02 bits per heavy atom. The van der Waals surface area contributed by atoms with Crippen LogP contribution in [0.2, 0.25) is 0 Å². The standard InChI is InChI=1S/C29H29N5O6/c1-40-26-17-20(7-10-25(26)34(38)39)19-6-8-21-23(16-19)31-24-14-18(5-9-22(24)32-29(21)37)15-27(35)30-11-3-13-33-12-2-4-28(33)36/h5-10,14,16-17,31H,2-4,11-13,15H2,1H3,(H,30,35)(H,32,37). The largest absolute Gasteiger partial charge is 0.490 e. The molecule has 40 heavy (non-hydrogen) atoms. The van der Waals surface area contributed by atoms with Crippen LogP contribution in [-0.2, 0) is 16.0 Å². The number of carbonyl (C=O) groups is 3. The van der Waals surface area contributed by atoms with E-state index in [2.05, 4.69) is 16.0 Å². The molecule has 1 saturated heterocycles. The number of nitro groups is 1. The van der Waals surface area contributed by atoms with Gasteiger partial charge in [0.2, 0.25) is 11.8 Å². The van der Waals surface area contributed by atoms with E-state index in [1.165, 1.54) is 13.2 Å². The number of ether oxygens (including phenoxy) is 1. The summed E-state index contributed by atoms with van der Waals surface area (Å²) in [5.41, 5.74) is 4.28. The van der Waals surface area contributed by atoms with Gasteiger partial charge in [0.05, 0.1) is 41.1 Å². The van der Waals surface area contributed by atoms with E-state index in [1.807, 2.05) is 11.0 Å². The number of nitro benzene ring substituents is 1. The van der Waals surface area contributed by atoms with Crippen molar-refractivity contribution in [2.24, 2.45) is 0 Å². The van der Waals surface area contributed by atoms with E-state index < -0.39 is 4.92 Å². The SMILES string of the molecule is COc1cc(-c2ccc3c(c2)Nc2cc(CC(=O)NCCCN4CCCC4=O)ccc2NC3=O)ccc1[N+](=O)[O-]. The van der Waals surface area contributed by atoms with Gasteiger partial charge in [0.1, 0.15) is 0 Å². The first kappa shape index (κ1) is 26.7. The van der Waals surface area contributed by atoms with Crippen molar-refractivity contribution in [1.29, 1.82) is 0 Å². The van der Waals surface area contributed by atoms with Crippen LogP contribution >= 0.6 is 0 Å². The van der Waals surface area contributed by atoms with Crippen LogP contribution < -0.4 is 20.7 Å². The summed E-state index contributed by atoms with van der Waals surface area (Å²) in [6.07, 6.45) is 2.38. The molecule has 11 nitrogen and oxygen atoms in total. The molecule has 3 aromatic carbocycles. The third kappa shape index (κ3) is 5.73. The van der Waals surface area contributed by atoms with Gasteiger partial charge in [-0.3, -0.25) is 24.5 Å². The Balaban J connectivity index is 1.29. The molecule has 0 bridgehead atoms. The lowest BCUT2D eigenvalue weighted by molar-refractivity contribution is -0.385. The summed E-state index contributed by atoms with van der Waals surface area (Å²) < 4.78 is 5.20. The van der Waals surface area contributed by atoms with Crippen LogP contribution in [0.15, 0.2) is 54.6 Å². The fourth-order valence-electron chi connectivity index (χ4n) is 4.97. The van der Waals surface area contributed by atoms with Gasteiger partial charge in [0, 0.05) is 32.1 Å². The minimum atomic E-state index is -0.503. The van der Waals surface area contributed by atoms with E-state index in [0.29, 0.717) is 54.1 Å². The first-order valence-corrected chi connectivity index (χ1v) is 13.0. The zero-order valence-corrected chi connectivity index (χ0v) is 22.0. The predicted octanol–water partition coefficient (Wildman–Crippen LogP) is 4.25. The van der Waals surface area contributed by atoms with Crippen LogP contribution in [0.3, 0.4) is 0 Å². The number of fused-ring (bicyclic) bond motifs is 2. The molecule has 0 atom stereocenters. The molecule has 0 radical (unpaired) electrons.